The Balaban J connectivity index is 1.68. The Morgan fingerprint density at radius 3 is 2.94 bits per heavy atom. The molecule has 3 rings (SSSR count). The lowest BCUT2D eigenvalue weighted by molar-refractivity contribution is 0.341. The predicted molar refractivity (Wildman–Crippen MR) is 63.8 cm³/mol. The summed E-state index contributed by atoms with van der Waals surface area (Å²) in [6.45, 7) is 1.78. The first-order chi connectivity index (χ1) is 8.15. The van der Waals surface area contributed by atoms with Gasteiger partial charge in [-0.1, -0.05) is 12.8 Å². The average Bonchev–Trinajstić information content (AvgIpc) is 3.02. The van der Waals surface area contributed by atoms with Crippen LogP contribution < -0.4 is 0 Å². The van der Waals surface area contributed by atoms with Crippen molar-refractivity contribution < 1.29 is 8.42 Å². The molecule has 1 aromatic heterocycles. The molecule has 6 heteroatoms. The zero-order valence-corrected chi connectivity index (χ0v) is 10.6. The Hall–Kier alpha value is -0.880. The van der Waals surface area contributed by atoms with Gasteiger partial charge in [-0.2, -0.15) is 4.31 Å². The Labute approximate surface area is 101 Å². The van der Waals surface area contributed by atoms with Crippen molar-refractivity contribution in [2.75, 3.05) is 12.3 Å². The van der Waals surface area contributed by atoms with E-state index in [-0.39, 0.29) is 0 Å². The van der Waals surface area contributed by atoms with E-state index >= 15 is 0 Å². The number of fused-ring (bicyclic) bond motifs is 1. The zero-order valence-electron chi connectivity index (χ0n) is 9.75. The fourth-order valence-electron chi connectivity index (χ4n) is 2.25. The minimum Gasteiger partial charge on any atom is -0.332 e. The van der Waals surface area contributed by atoms with Gasteiger partial charge < -0.3 is 4.57 Å². The van der Waals surface area contributed by atoms with E-state index in [4.69, 9.17) is 0 Å². The van der Waals surface area contributed by atoms with E-state index in [1.807, 2.05) is 4.57 Å². The third-order valence-corrected chi connectivity index (χ3v) is 5.45. The largest absolute Gasteiger partial charge is 0.332 e. The minimum absolute atomic E-state index is 0.311. The smallest absolute Gasteiger partial charge is 0.214 e. The number of sulfonamides is 1. The first-order valence-corrected chi connectivity index (χ1v) is 7.73. The van der Waals surface area contributed by atoms with Crippen molar-refractivity contribution in [2.24, 2.45) is 5.92 Å². The summed E-state index contributed by atoms with van der Waals surface area (Å²) in [6, 6.07) is 0. The molecule has 5 nitrogen and oxygen atoms in total. The van der Waals surface area contributed by atoms with Gasteiger partial charge >= 0.3 is 0 Å². The van der Waals surface area contributed by atoms with Crippen LogP contribution in [0.25, 0.3) is 0 Å². The molecule has 2 heterocycles. The highest BCUT2D eigenvalue weighted by atomic mass is 32.2. The Morgan fingerprint density at radius 2 is 2.18 bits per heavy atom. The van der Waals surface area contributed by atoms with Crippen LogP contribution in [-0.4, -0.2) is 34.6 Å². The number of nitrogens with zero attached hydrogens (tertiary/aromatic N) is 3. The highest BCUT2D eigenvalue weighted by molar-refractivity contribution is 7.89. The molecule has 0 bridgehead atoms. The van der Waals surface area contributed by atoms with E-state index in [2.05, 4.69) is 4.98 Å². The summed E-state index contributed by atoms with van der Waals surface area (Å²) in [5, 5.41) is 0. The summed E-state index contributed by atoms with van der Waals surface area (Å²) in [5.41, 5.74) is 0.992. The fourth-order valence-corrected chi connectivity index (χ4v) is 3.83. The molecule has 0 aromatic carbocycles. The Bertz CT molecular complexity index is 505. The highest BCUT2D eigenvalue weighted by Crippen LogP contribution is 2.33. The molecule has 94 valence electrons. The lowest BCUT2D eigenvalue weighted by Crippen LogP contribution is -2.39. The summed E-state index contributed by atoms with van der Waals surface area (Å²) >= 11 is 0. The van der Waals surface area contributed by atoms with Crippen LogP contribution in [0.15, 0.2) is 12.5 Å². The lowest BCUT2D eigenvalue weighted by atomic mass is 10.3. The molecule has 1 saturated carbocycles. The fraction of sp³-hybridized carbons (Fsp3) is 0.727. The van der Waals surface area contributed by atoms with Gasteiger partial charge in [0.2, 0.25) is 10.0 Å². The number of hydrogen-bond donors (Lipinski definition) is 0. The van der Waals surface area contributed by atoms with Crippen LogP contribution in [0.5, 0.6) is 0 Å². The second kappa shape index (κ2) is 4.10. The topological polar surface area (TPSA) is 55.2 Å². The molecule has 1 aromatic rings. The third kappa shape index (κ3) is 2.37. The van der Waals surface area contributed by atoms with E-state index in [9.17, 15) is 8.42 Å². The number of imidazole rings is 1. The number of rotatable bonds is 4. The molecule has 1 aliphatic heterocycles. The number of hydrogen-bond acceptors (Lipinski definition) is 3. The molecule has 0 atom stereocenters. The van der Waals surface area contributed by atoms with Crippen molar-refractivity contribution in [3.8, 4) is 0 Å². The summed E-state index contributed by atoms with van der Waals surface area (Å²) in [4.78, 5) is 4.05. The molecule has 0 amide bonds. The second-order valence-corrected chi connectivity index (χ2v) is 7.05. The minimum atomic E-state index is -3.07. The van der Waals surface area contributed by atoms with Gasteiger partial charge in [0.15, 0.2) is 0 Å². The van der Waals surface area contributed by atoms with Gasteiger partial charge in [0, 0.05) is 19.3 Å². The van der Waals surface area contributed by atoms with Crippen LogP contribution >= 0.6 is 0 Å². The van der Waals surface area contributed by atoms with Crippen LogP contribution in [0.2, 0.25) is 0 Å². The van der Waals surface area contributed by atoms with Crippen LogP contribution in [0, 0.1) is 5.92 Å². The van der Waals surface area contributed by atoms with Gasteiger partial charge in [-0.05, 0) is 12.3 Å². The van der Waals surface area contributed by atoms with E-state index in [0.717, 1.165) is 18.7 Å². The summed E-state index contributed by atoms with van der Waals surface area (Å²) in [5.74, 6) is 0.978. The SMILES string of the molecule is O=S(=O)(CCC1CC1)N1CCn2cncc2C1. The van der Waals surface area contributed by atoms with Gasteiger partial charge in [-0.3, -0.25) is 0 Å². The molecule has 1 aliphatic carbocycles. The zero-order chi connectivity index (χ0) is 11.9. The monoisotopic (exact) mass is 255 g/mol. The lowest BCUT2D eigenvalue weighted by Gasteiger charge is -2.27. The molecule has 0 N–H and O–H groups in total. The van der Waals surface area contributed by atoms with E-state index in [0.29, 0.717) is 24.8 Å². The van der Waals surface area contributed by atoms with Crippen LogP contribution in [0.4, 0.5) is 0 Å². The summed E-state index contributed by atoms with van der Waals surface area (Å²) in [7, 11) is -3.07. The summed E-state index contributed by atoms with van der Waals surface area (Å²) < 4.78 is 27.9. The first kappa shape index (κ1) is 11.2. The van der Waals surface area contributed by atoms with Crippen molar-refractivity contribution in [3.63, 3.8) is 0 Å². The van der Waals surface area contributed by atoms with Crippen molar-refractivity contribution >= 4 is 10.0 Å². The van der Waals surface area contributed by atoms with Crippen LogP contribution in [-0.2, 0) is 23.1 Å². The van der Waals surface area contributed by atoms with Crippen LogP contribution in [0.1, 0.15) is 25.0 Å². The van der Waals surface area contributed by atoms with Crippen molar-refractivity contribution in [1.82, 2.24) is 13.9 Å². The summed E-state index contributed by atoms with van der Waals surface area (Å²) in [6.07, 6.45) is 6.77. The van der Waals surface area contributed by atoms with Gasteiger partial charge in [0.05, 0.1) is 24.3 Å². The quantitative estimate of drug-likeness (QED) is 0.800. The normalized spacial score (nSPS) is 21.4. The predicted octanol–water partition coefficient (Wildman–Crippen LogP) is 0.829. The highest BCUT2D eigenvalue weighted by Gasteiger charge is 2.29. The van der Waals surface area contributed by atoms with E-state index < -0.39 is 10.0 Å². The van der Waals surface area contributed by atoms with Gasteiger partial charge in [-0.15, -0.1) is 0 Å². The molecule has 17 heavy (non-hydrogen) atoms. The third-order valence-electron chi connectivity index (χ3n) is 3.60. The maximum absolute atomic E-state index is 12.1. The molecule has 0 spiro atoms. The molecular formula is C11H17N3O2S. The van der Waals surface area contributed by atoms with Gasteiger partial charge in [0.1, 0.15) is 0 Å². The molecule has 2 aliphatic rings. The molecule has 0 saturated heterocycles. The van der Waals surface area contributed by atoms with Crippen molar-refractivity contribution in [3.05, 3.63) is 18.2 Å². The Morgan fingerprint density at radius 1 is 1.35 bits per heavy atom. The van der Waals surface area contributed by atoms with E-state index in [1.165, 1.54) is 12.8 Å². The van der Waals surface area contributed by atoms with Gasteiger partial charge in [-0.25, -0.2) is 13.4 Å². The maximum Gasteiger partial charge on any atom is 0.214 e. The van der Waals surface area contributed by atoms with Crippen molar-refractivity contribution in [1.29, 1.82) is 0 Å². The standard InChI is InChI=1S/C11H17N3O2S/c15-17(16,6-3-10-1-2-10)14-5-4-13-9-12-7-11(13)8-14/h7,9-10H,1-6,8H2. The van der Waals surface area contributed by atoms with E-state index in [1.54, 1.807) is 16.8 Å². The first-order valence-electron chi connectivity index (χ1n) is 6.12. The average molecular weight is 255 g/mol. The van der Waals surface area contributed by atoms with Crippen molar-refractivity contribution in [2.45, 2.75) is 32.4 Å². The molecular weight excluding hydrogens is 238 g/mol. The molecule has 0 radical (unpaired) electrons. The van der Waals surface area contributed by atoms with Gasteiger partial charge in [0.25, 0.3) is 0 Å². The maximum atomic E-state index is 12.1. The second-order valence-electron chi connectivity index (χ2n) is 4.96. The molecule has 0 unspecified atom stereocenters. The Kier molecular flexibility index (Phi) is 2.71. The van der Waals surface area contributed by atoms with Crippen LogP contribution in [0.3, 0.4) is 0 Å². The number of aromatic nitrogens is 2. The molecule has 1 fully saturated rings.